The van der Waals surface area contributed by atoms with Crippen molar-refractivity contribution in [3.05, 3.63) is 89.3 Å². The van der Waals surface area contributed by atoms with Gasteiger partial charge in [0.15, 0.2) is 0 Å². The number of benzene rings is 2. The second kappa shape index (κ2) is 8.55. The third-order valence-corrected chi connectivity index (χ3v) is 5.33. The number of carbonyl (C=O) groups is 2. The zero-order chi connectivity index (χ0) is 22.8. The number of nitrogens with zero attached hydrogens (tertiary/aromatic N) is 2. The highest BCUT2D eigenvalue weighted by Crippen LogP contribution is 2.44. The monoisotopic (exact) mass is 430 g/mol. The Labute approximate surface area is 185 Å². The highest BCUT2D eigenvalue weighted by atomic mass is 16.5. The average Bonchev–Trinajstić information content (AvgIpc) is 3.06. The third kappa shape index (κ3) is 3.58. The molecular formula is C25H22N2O5. The van der Waals surface area contributed by atoms with Gasteiger partial charge in [-0.3, -0.25) is 19.5 Å². The van der Waals surface area contributed by atoms with Gasteiger partial charge in [-0.05, 0) is 61.4 Å². The van der Waals surface area contributed by atoms with E-state index in [-0.39, 0.29) is 22.8 Å². The Bertz CT molecular complexity index is 1220. The zero-order valence-electron chi connectivity index (χ0n) is 17.6. The number of hydrogen-bond donors (Lipinski definition) is 2. The summed E-state index contributed by atoms with van der Waals surface area (Å²) in [4.78, 5) is 31.5. The number of pyridine rings is 1. The van der Waals surface area contributed by atoms with Crippen LogP contribution in [0, 0.1) is 6.92 Å². The normalized spacial score (nSPS) is 17.6. The molecule has 2 heterocycles. The number of aliphatic hydroxyl groups is 1. The van der Waals surface area contributed by atoms with E-state index < -0.39 is 17.7 Å². The molecule has 0 bridgehead atoms. The first-order valence-corrected chi connectivity index (χ1v) is 10.2. The van der Waals surface area contributed by atoms with E-state index in [0.29, 0.717) is 23.5 Å². The second-order valence-electron chi connectivity index (χ2n) is 7.36. The summed E-state index contributed by atoms with van der Waals surface area (Å²) in [5.41, 5.74) is 1.79. The number of aliphatic hydroxyl groups excluding tert-OH is 1. The number of aryl methyl sites for hydroxylation is 1. The predicted molar refractivity (Wildman–Crippen MR) is 119 cm³/mol. The number of amides is 1. The van der Waals surface area contributed by atoms with Crippen molar-refractivity contribution < 1.29 is 24.5 Å². The van der Waals surface area contributed by atoms with Crippen molar-refractivity contribution in [3.63, 3.8) is 0 Å². The molecule has 1 fully saturated rings. The maximum Gasteiger partial charge on any atom is 0.300 e. The number of hydrogen-bond acceptors (Lipinski definition) is 6. The number of phenols is 1. The molecule has 4 rings (SSSR count). The molecule has 1 amide bonds. The molecule has 2 N–H and O–H groups in total. The van der Waals surface area contributed by atoms with Gasteiger partial charge in [0.1, 0.15) is 17.3 Å². The van der Waals surface area contributed by atoms with E-state index in [9.17, 15) is 19.8 Å². The van der Waals surface area contributed by atoms with E-state index in [4.69, 9.17) is 4.74 Å². The number of carbonyl (C=O) groups excluding carboxylic acids is 2. The van der Waals surface area contributed by atoms with Crippen LogP contribution >= 0.6 is 0 Å². The van der Waals surface area contributed by atoms with Crippen molar-refractivity contribution in [3.8, 4) is 11.5 Å². The molecule has 7 nitrogen and oxygen atoms in total. The van der Waals surface area contributed by atoms with Gasteiger partial charge in [-0.2, -0.15) is 0 Å². The maximum absolute atomic E-state index is 13.1. The molecule has 1 atom stereocenters. The molecule has 1 aromatic heterocycles. The minimum absolute atomic E-state index is 0.0742. The Morgan fingerprint density at radius 1 is 1.12 bits per heavy atom. The summed E-state index contributed by atoms with van der Waals surface area (Å²) in [6, 6.07) is 13.8. The predicted octanol–water partition coefficient (Wildman–Crippen LogP) is 4.12. The molecular weight excluding hydrogens is 408 g/mol. The maximum atomic E-state index is 13.1. The van der Waals surface area contributed by atoms with Crippen LogP contribution in [0.15, 0.2) is 72.6 Å². The van der Waals surface area contributed by atoms with Gasteiger partial charge >= 0.3 is 0 Å². The molecule has 7 heteroatoms. The SMILES string of the molecule is CCOc1ccc(/C(O)=C2/C(=O)C(=O)N(c3ccccc3O)C2c2cccnc2)cc1C. The lowest BCUT2D eigenvalue weighted by Crippen LogP contribution is -2.29. The number of rotatable bonds is 5. The summed E-state index contributed by atoms with van der Waals surface area (Å²) in [6.07, 6.45) is 3.10. The van der Waals surface area contributed by atoms with Crippen molar-refractivity contribution in [2.75, 3.05) is 11.5 Å². The van der Waals surface area contributed by atoms with Crippen LogP contribution < -0.4 is 9.64 Å². The van der Waals surface area contributed by atoms with Crippen LogP contribution in [0.25, 0.3) is 5.76 Å². The number of para-hydroxylation sites is 2. The van der Waals surface area contributed by atoms with Gasteiger partial charge in [-0.1, -0.05) is 18.2 Å². The molecule has 2 aromatic carbocycles. The average molecular weight is 430 g/mol. The van der Waals surface area contributed by atoms with Crippen molar-refractivity contribution in [1.29, 1.82) is 0 Å². The summed E-state index contributed by atoms with van der Waals surface area (Å²) in [6.45, 7) is 4.21. The first-order valence-electron chi connectivity index (χ1n) is 10.2. The van der Waals surface area contributed by atoms with E-state index in [1.54, 1.807) is 54.7 Å². The molecule has 3 aromatic rings. The number of ketones is 1. The number of Topliss-reactive ketones (excluding diaryl/α,β-unsaturated/α-hetero) is 1. The molecule has 0 radical (unpaired) electrons. The molecule has 0 spiro atoms. The summed E-state index contributed by atoms with van der Waals surface area (Å²) in [5.74, 6) is -1.47. The summed E-state index contributed by atoms with van der Waals surface area (Å²) in [5, 5.41) is 21.6. The van der Waals surface area contributed by atoms with Crippen LogP contribution in [-0.4, -0.2) is 33.5 Å². The largest absolute Gasteiger partial charge is 0.507 e. The third-order valence-electron chi connectivity index (χ3n) is 5.33. The van der Waals surface area contributed by atoms with Crippen LogP contribution in [0.4, 0.5) is 5.69 Å². The van der Waals surface area contributed by atoms with E-state index in [2.05, 4.69) is 4.98 Å². The summed E-state index contributed by atoms with van der Waals surface area (Å²) >= 11 is 0. The van der Waals surface area contributed by atoms with E-state index in [1.807, 2.05) is 13.8 Å². The number of aromatic hydroxyl groups is 1. The molecule has 1 unspecified atom stereocenters. The Balaban J connectivity index is 1.92. The van der Waals surface area contributed by atoms with Gasteiger partial charge in [0.2, 0.25) is 0 Å². The van der Waals surface area contributed by atoms with Gasteiger partial charge in [-0.25, -0.2) is 0 Å². The Kier molecular flexibility index (Phi) is 5.64. The van der Waals surface area contributed by atoms with Crippen molar-refractivity contribution >= 4 is 23.1 Å². The topological polar surface area (TPSA) is 100.0 Å². The van der Waals surface area contributed by atoms with Gasteiger partial charge < -0.3 is 14.9 Å². The summed E-state index contributed by atoms with van der Waals surface area (Å²) in [7, 11) is 0. The molecule has 0 saturated carbocycles. The lowest BCUT2D eigenvalue weighted by Gasteiger charge is -2.25. The minimum atomic E-state index is -0.955. The van der Waals surface area contributed by atoms with Gasteiger partial charge in [0.25, 0.3) is 11.7 Å². The molecule has 1 aliphatic heterocycles. The van der Waals surface area contributed by atoms with E-state index >= 15 is 0 Å². The Hall–Kier alpha value is -4.13. The fourth-order valence-electron chi connectivity index (χ4n) is 3.87. The fraction of sp³-hybridized carbons (Fsp3) is 0.160. The zero-order valence-corrected chi connectivity index (χ0v) is 17.6. The van der Waals surface area contributed by atoms with Gasteiger partial charge in [-0.15, -0.1) is 0 Å². The Morgan fingerprint density at radius 2 is 1.91 bits per heavy atom. The van der Waals surface area contributed by atoms with Crippen LogP contribution in [0.3, 0.4) is 0 Å². The molecule has 32 heavy (non-hydrogen) atoms. The molecule has 1 aliphatic rings. The fourth-order valence-corrected chi connectivity index (χ4v) is 3.87. The van der Waals surface area contributed by atoms with E-state index in [1.165, 1.54) is 17.2 Å². The number of ether oxygens (including phenoxy) is 1. The van der Waals surface area contributed by atoms with Gasteiger partial charge in [0.05, 0.1) is 23.9 Å². The Morgan fingerprint density at radius 3 is 2.56 bits per heavy atom. The number of anilines is 1. The standard InChI is InChI=1S/C25H22N2O5/c1-3-32-20-11-10-16(13-15(20)2)23(29)21-22(17-7-6-12-26-14-17)27(25(31)24(21)30)18-8-4-5-9-19(18)28/h4-14,22,28-29H,3H2,1-2H3/b23-21-. The van der Waals surface area contributed by atoms with Crippen LogP contribution in [0.2, 0.25) is 0 Å². The van der Waals surface area contributed by atoms with Crippen molar-refractivity contribution in [1.82, 2.24) is 4.98 Å². The van der Waals surface area contributed by atoms with Crippen LogP contribution in [0.5, 0.6) is 11.5 Å². The number of phenolic OH excluding ortho intramolecular Hbond substituents is 1. The van der Waals surface area contributed by atoms with Crippen LogP contribution in [-0.2, 0) is 9.59 Å². The molecule has 162 valence electrons. The lowest BCUT2D eigenvalue weighted by molar-refractivity contribution is -0.132. The highest BCUT2D eigenvalue weighted by molar-refractivity contribution is 6.51. The van der Waals surface area contributed by atoms with Crippen molar-refractivity contribution in [2.24, 2.45) is 0 Å². The summed E-state index contributed by atoms with van der Waals surface area (Å²) < 4.78 is 5.55. The minimum Gasteiger partial charge on any atom is -0.507 e. The quantitative estimate of drug-likeness (QED) is 0.359. The first kappa shape index (κ1) is 21.1. The second-order valence-corrected chi connectivity index (χ2v) is 7.36. The lowest BCUT2D eigenvalue weighted by atomic mass is 9.95. The van der Waals surface area contributed by atoms with Crippen molar-refractivity contribution in [2.45, 2.75) is 19.9 Å². The smallest absolute Gasteiger partial charge is 0.300 e. The molecule has 0 aliphatic carbocycles. The highest BCUT2D eigenvalue weighted by Gasteiger charge is 2.47. The molecule has 1 saturated heterocycles. The van der Waals surface area contributed by atoms with Gasteiger partial charge in [0, 0.05) is 18.0 Å². The van der Waals surface area contributed by atoms with E-state index in [0.717, 1.165) is 5.56 Å². The van der Waals surface area contributed by atoms with Crippen LogP contribution in [0.1, 0.15) is 29.7 Å². The first-order chi connectivity index (χ1) is 15.4. The number of aromatic nitrogens is 1.